The highest BCUT2D eigenvalue weighted by molar-refractivity contribution is 5.86. The molecule has 0 saturated heterocycles. The number of amides is 1. The number of halogens is 1. The number of hydrogen-bond donors (Lipinski definition) is 1. The molecule has 154 valence electrons. The average molecular weight is 390 g/mol. The van der Waals surface area contributed by atoms with Crippen LogP contribution in [0.2, 0.25) is 0 Å². The van der Waals surface area contributed by atoms with Gasteiger partial charge < -0.3 is 10.1 Å². The summed E-state index contributed by atoms with van der Waals surface area (Å²) < 4.78 is 13.7. The molecule has 1 atom stereocenters. The van der Waals surface area contributed by atoms with Gasteiger partial charge in [-0.25, -0.2) is 4.39 Å². The number of aliphatic imine (C=N–C) groups is 1. The van der Waals surface area contributed by atoms with Crippen LogP contribution in [-0.4, -0.2) is 42.9 Å². The average Bonchev–Trinajstić information content (AvgIpc) is 2.72. The molecule has 0 aromatic heterocycles. The van der Waals surface area contributed by atoms with Crippen molar-refractivity contribution in [2.24, 2.45) is 10.9 Å². The lowest BCUT2D eigenvalue weighted by Crippen LogP contribution is -2.30. The zero-order valence-corrected chi connectivity index (χ0v) is 16.9. The van der Waals surface area contributed by atoms with E-state index >= 15 is 0 Å². The van der Waals surface area contributed by atoms with E-state index in [9.17, 15) is 14.0 Å². The molecule has 6 heteroatoms. The zero-order chi connectivity index (χ0) is 20.6. The smallest absolute Gasteiger partial charge is 0.211 e. The van der Waals surface area contributed by atoms with Gasteiger partial charge in [-0.15, -0.1) is 0 Å². The quantitative estimate of drug-likeness (QED) is 0.367. The van der Waals surface area contributed by atoms with Crippen LogP contribution in [0.25, 0.3) is 0 Å². The summed E-state index contributed by atoms with van der Waals surface area (Å²) in [4.78, 5) is 28.3. The summed E-state index contributed by atoms with van der Waals surface area (Å²) in [7, 11) is 0. The Hall–Kier alpha value is -2.34. The van der Waals surface area contributed by atoms with Gasteiger partial charge in [-0.1, -0.05) is 32.0 Å². The van der Waals surface area contributed by atoms with Gasteiger partial charge in [-0.2, -0.15) is 0 Å². The molecule has 0 spiro atoms. The number of hydrogen-bond acceptors (Lipinski definition) is 4. The van der Waals surface area contributed by atoms with Crippen molar-refractivity contribution in [1.82, 2.24) is 10.2 Å². The molecule has 1 aromatic carbocycles. The van der Waals surface area contributed by atoms with Crippen molar-refractivity contribution < 1.29 is 14.0 Å². The minimum absolute atomic E-state index is 0.0463. The van der Waals surface area contributed by atoms with Crippen LogP contribution in [0.5, 0.6) is 0 Å². The van der Waals surface area contributed by atoms with E-state index in [1.54, 1.807) is 18.3 Å². The normalized spacial score (nSPS) is 13.1. The Morgan fingerprint density at radius 3 is 2.68 bits per heavy atom. The number of rotatable bonds is 15. The summed E-state index contributed by atoms with van der Waals surface area (Å²) in [6.45, 7) is 6.71. The molecule has 0 heterocycles. The molecule has 1 rings (SSSR count). The minimum Gasteiger partial charge on any atom is -0.334 e. The van der Waals surface area contributed by atoms with Crippen molar-refractivity contribution in [2.45, 2.75) is 46.0 Å². The monoisotopic (exact) mass is 389 g/mol. The maximum Gasteiger partial charge on any atom is 0.211 e. The van der Waals surface area contributed by atoms with Gasteiger partial charge in [0.25, 0.3) is 0 Å². The van der Waals surface area contributed by atoms with Gasteiger partial charge in [0.2, 0.25) is 6.41 Å². The maximum atomic E-state index is 13.7. The second-order valence-electron chi connectivity index (χ2n) is 6.69. The van der Waals surface area contributed by atoms with Gasteiger partial charge in [0.05, 0.1) is 0 Å². The van der Waals surface area contributed by atoms with Crippen LogP contribution in [0.1, 0.15) is 45.1 Å². The van der Waals surface area contributed by atoms with Crippen molar-refractivity contribution in [3.05, 3.63) is 48.0 Å². The third-order valence-corrected chi connectivity index (χ3v) is 4.74. The van der Waals surface area contributed by atoms with Crippen molar-refractivity contribution >= 4 is 18.4 Å². The standard InChI is InChI=1S/C22H32FN3O2/c1-3-21(25-14-13-24-18-28)16-26(4-2)15-7-8-19(17-27)11-12-20-9-5-6-10-22(20)23/h5-6,9-10,13-14,17-19H,3-4,7-8,11-12,15-16H2,1-2H3,(H,24,28)/b14-13-,25-21?. The van der Waals surface area contributed by atoms with Crippen molar-refractivity contribution in [3.63, 3.8) is 0 Å². The van der Waals surface area contributed by atoms with Crippen molar-refractivity contribution in [3.8, 4) is 0 Å². The Morgan fingerprint density at radius 1 is 1.25 bits per heavy atom. The van der Waals surface area contributed by atoms with Crippen LogP contribution >= 0.6 is 0 Å². The Balaban J connectivity index is 2.43. The molecule has 28 heavy (non-hydrogen) atoms. The Labute approximate surface area is 167 Å². The highest BCUT2D eigenvalue weighted by atomic mass is 19.1. The number of carbonyl (C=O) groups excluding carboxylic acids is 2. The zero-order valence-electron chi connectivity index (χ0n) is 16.9. The summed E-state index contributed by atoms with van der Waals surface area (Å²) >= 11 is 0. The van der Waals surface area contributed by atoms with Gasteiger partial charge in [0, 0.05) is 30.6 Å². The largest absolute Gasteiger partial charge is 0.334 e. The van der Waals surface area contributed by atoms with Gasteiger partial charge in [-0.05, 0) is 56.8 Å². The van der Waals surface area contributed by atoms with E-state index < -0.39 is 0 Å². The van der Waals surface area contributed by atoms with Crippen LogP contribution in [0.4, 0.5) is 4.39 Å². The molecular weight excluding hydrogens is 357 g/mol. The summed E-state index contributed by atoms with van der Waals surface area (Å²) in [5.41, 5.74) is 1.71. The molecule has 0 aliphatic rings. The predicted octanol–water partition coefficient (Wildman–Crippen LogP) is 3.74. The van der Waals surface area contributed by atoms with Crippen molar-refractivity contribution in [2.75, 3.05) is 19.6 Å². The van der Waals surface area contributed by atoms with Crippen LogP contribution in [0, 0.1) is 11.7 Å². The third-order valence-electron chi connectivity index (χ3n) is 4.74. The molecule has 0 aliphatic carbocycles. The second kappa shape index (κ2) is 14.7. The summed E-state index contributed by atoms with van der Waals surface area (Å²) in [6, 6.07) is 6.74. The summed E-state index contributed by atoms with van der Waals surface area (Å²) in [5.74, 6) is -0.247. The van der Waals surface area contributed by atoms with Gasteiger partial charge >= 0.3 is 0 Å². The summed E-state index contributed by atoms with van der Waals surface area (Å²) in [5, 5.41) is 2.44. The third kappa shape index (κ3) is 9.55. The maximum absolute atomic E-state index is 13.7. The second-order valence-corrected chi connectivity index (χ2v) is 6.69. The van der Waals surface area contributed by atoms with E-state index in [4.69, 9.17) is 0 Å². The van der Waals surface area contributed by atoms with E-state index in [1.165, 1.54) is 12.3 Å². The Bertz CT molecular complexity index is 646. The van der Waals surface area contributed by atoms with Gasteiger partial charge in [-0.3, -0.25) is 14.7 Å². The molecule has 1 N–H and O–H groups in total. The van der Waals surface area contributed by atoms with Crippen LogP contribution in [-0.2, 0) is 16.0 Å². The van der Waals surface area contributed by atoms with E-state index in [2.05, 4.69) is 29.1 Å². The molecular formula is C22H32FN3O2. The topological polar surface area (TPSA) is 61.8 Å². The van der Waals surface area contributed by atoms with Gasteiger partial charge in [0.15, 0.2) is 0 Å². The first-order valence-corrected chi connectivity index (χ1v) is 9.95. The number of carbonyl (C=O) groups is 2. The van der Waals surface area contributed by atoms with Crippen LogP contribution < -0.4 is 5.32 Å². The van der Waals surface area contributed by atoms with Crippen LogP contribution in [0.15, 0.2) is 41.7 Å². The lowest BCUT2D eigenvalue weighted by Gasteiger charge is -2.21. The Morgan fingerprint density at radius 2 is 2.04 bits per heavy atom. The highest BCUT2D eigenvalue weighted by Crippen LogP contribution is 2.16. The number of nitrogens with one attached hydrogen (secondary N) is 1. The molecule has 1 amide bonds. The minimum atomic E-state index is -0.201. The molecule has 1 unspecified atom stereocenters. The molecule has 0 radical (unpaired) electrons. The fraction of sp³-hybridized carbons (Fsp3) is 0.500. The number of benzene rings is 1. The van der Waals surface area contributed by atoms with E-state index in [0.29, 0.717) is 24.8 Å². The highest BCUT2D eigenvalue weighted by Gasteiger charge is 2.11. The van der Waals surface area contributed by atoms with E-state index in [0.717, 1.165) is 50.9 Å². The van der Waals surface area contributed by atoms with Crippen LogP contribution in [0.3, 0.4) is 0 Å². The number of nitrogens with zero attached hydrogens (tertiary/aromatic N) is 2. The predicted molar refractivity (Wildman–Crippen MR) is 112 cm³/mol. The lowest BCUT2D eigenvalue weighted by atomic mass is 9.96. The van der Waals surface area contributed by atoms with E-state index in [1.807, 2.05) is 6.07 Å². The molecule has 0 saturated carbocycles. The SMILES string of the molecule is CCC(CN(CC)CCCC(C=O)CCc1ccccc1F)=N/C=C\NC=O. The van der Waals surface area contributed by atoms with Crippen molar-refractivity contribution in [1.29, 1.82) is 0 Å². The Kier molecular flexibility index (Phi) is 12.4. The molecule has 5 nitrogen and oxygen atoms in total. The number of aryl methyl sites for hydroxylation is 1. The first-order valence-electron chi connectivity index (χ1n) is 9.95. The molecule has 0 bridgehead atoms. The van der Waals surface area contributed by atoms with E-state index in [-0.39, 0.29) is 11.7 Å². The lowest BCUT2D eigenvalue weighted by molar-refractivity contribution is -0.111. The fourth-order valence-corrected chi connectivity index (χ4v) is 2.98. The first-order chi connectivity index (χ1) is 13.6. The number of aldehydes is 1. The first kappa shape index (κ1) is 23.7. The van der Waals surface area contributed by atoms with Gasteiger partial charge in [0.1, 0.15) is 12.1 Å². The molecule has 0 fully saturated rings. The summed E-state index contributed by atoms with van der Waals surface area (Å²) in [6.07, 6.45) is 8.50. The molecule has 1 aromatic rings. The molecule has 0 aliphatic heterocycles. The fourth-order valence-electron chi connectivity index (χ4n) is 2.98.